The van der Waals surface area contributed by atoms with Gasteiger partial charge in [0.15, 0.2) is 5.78 Å². The Hall–Kier alpha value is -1.15. The van der Waals surface area contributed by atoms with E-state index in [9.17, 15) is 4.79 Å². The molecule has 0 heterocycles. The predicted molar refractivity (Wildman–Crippen MR) is 84.3 cm³/mol. The highest BCUT2D eigenvalue weighted by Crippen LogP contribution is 2.26. The van der Waals surface area contributed by atoms with E-state index in [2.05, 4.69) is 37.8 Å². The van der Waals surface area contributed by atoms with Crippen LogP contribution in [0.2, 0.25) is 0 Å². The first-order valence-corrected chi connectivity index (χ1v) is 7.91. The van der Waals surface area contributed by atoms with E-state index < -0.39 is 0 Å². The topological polar surface area (TPSA) is 20.3 Å². The molecule has 0 saturated heterocycles. The summed E-state index contributed by atoms with van der Waals surface area (Å²) in [4.78, 5) is 15.2. The molecule has 1 unspecified atom stereocenters. The molecule has 0 bridgehead atoms. The fraction of sp³-hybridized carbons (Fsp3) is 0.611. The third kappa shape index (κ3) is 3.12. The summed E-state index contributed by atoms with van der Waals surface area (Å²) in [6.45, 7) is 9.29. The van der Waals surface area contributed by atoms with Gasteiger partial charge in [-0.3, -0.25) is 9.69 Å². The fourth-order valence-electron chi connectivity index (χ4n) is 3.46. The Morgan fingerprint density at radius 2 is 1.95 bits per heavy atom. The molecule has 20 heavy (non-hydrogen) atoms. The number of nitrogens with zero attached hydrogens (tertiary/aromatic N) is 1. The quantitative estimate of drug-likeness (QED) is 0.751. The number of ketones is 1. The van der Waals surface area contributed by atoms with Crippen molar-refractivity contribution in [1.82, 2.24) is 4.90 Å². The zero-order valence-electron chi connectivity index (χ0n) is 13.3. The first kappa shape index (κ1) is 15.2. The molecular formula is C18H27NO. The number of hydrogen-bond acceptors (Lipinski definition) is 2. The molecule has 1 aliphatic carbocycles. The van der Waals surface area contributed by atoms with Crippen LogP contribution in [0.4, 0.5) is 0 Å². The van der Waals surface area contributed by atoms with Crippen molar-refractivity contribution in [2.45, 2.75) is 65.5 Å². The second kappa shape index (κ2) is 6.53. The number of carbonyl (C=O) groups is 1. The average Bonchev–Trinajstić information content (AvgIpc) is 2.95. The third-order valence-electron chi connectivity index (χ3n) is 4.69. The molecule has 2 nitrogen and oxygen atoms in total. The van der Waals surface area contributed by atoms with Crippen LogP contribution in [-0.4, -0.2) is 29.3 Å². The molecule has 110 valence electrons. The van der Waals surface area contributed by atoms with Crippen molar-refractivity contribution in [3.63, 3.8) is 0 Å². The molecule has 1 aromatic carbocycles. The summed E-state index contributed by atoms with van der Waals surface area (Å²) >= 11 is 0. The monoisotopic (exact) mass is 273 g/mol. The Kier molecular flexibility index (Phi) is 4.98. The van der Waals surface area contributed by atoms with E-state index in [0.717, 1.165) is 23.2 Å². The van der Waals surface area contributed by atoms with Crippen LogP contribution in [0.5, 0.6) is 0 Å². The van der Waals surface area contributed by atoms with Gasteiger partial charge >= 0.3 is 0 Å². The number of aryl methyl sites for hydroxylation is 2. The van der Waals surface area contributed by atoms with Crippen molar-refractivity contribution in [3.8, 4) is 0 Å². The van der Waals surface area contributed by atoms with E-state index in [1.807, 2.05) is 13.0 Å². The van der Waals surface area contributed by atoms with E-state index >= 15 is 0 Å². The summed E-state index contributed by atoms with van der Waals surface area (Å²) in [5.41, 5.74) is 3.15. The largest absolute Gasteiger partial charge is 0.292 e. The van der Waals surface area contributed by atoms with Gasteiger partial charge in [0.2, 0.25) is 0 Å². The Morgan fingerprint density at radius 3 is 2.55 bits per heavy atom. The number of Topliss-reactive ketones (excluding diaryl/α,β-unsaturated/α-hetero) is 1. The minimum atomic E-state index is -0.0106. The Labute approximate surface area is 123 Å². The minimum Gasteiger partial charge on any atom is -0.292 e. The lowest BCUT2D eigenvalue weighted by atomic mass is 9.96. The van der Waals surface area contributed by atoms with Crippen LogP contribution >= 0.6 is 0 Å². The number of benzene rings is 1. The zero-order valence-corrected chi connectivity index (χ0v) is 13.3. The molecule has 1 fully saturated rings. The highest BCUT2D eigenvalue weighted by Gasteiger charge is 2.29. The molecule has 1 saturated carbocycles. The fourth-order valence-corrected chi connectivity index (χ4v) is 3.46. The highest BCUT2D eigenvalue weighted by atomic mass is 16.1. The molecule has 1 aromatic rings. The van der Waals surface area contributed by atoms with E-state index in [4.69, 9.17) is 0 Å². The molecule has 0 spiro atoms. The molecule has 2 rings (SSSR count). The second-order valence-corrected chi connectivity index (χ2v) is 6.13. The number of carbonyl (C=O) groups excluding carboxylic acids is 1. The lowest BCUT2D eigenvalue weighted by Gasteiger charge is -2.32. The van der Waals surface area contributed by atoms with Gasteiger partial charge in [0.05, 0.1) is 6.04 Å². The maximum absolute atomic E-state index is 12.8. The van der Waals surface area contributed by atoms with E-state index in [1.165, 1.54) is 25.7 Å². The van der Waals surface area contributed by atoms with Crippen molar-refractivity contribution in [3.05, 3.63) is 34.9 Å². The van der Waals surface area contributed by atoms with Crippen molar-refractivity contribution in [2.75, 3.05) is 6.54 Å². The molecule has 1 aliphatic rings. The summed E-state index contributed by atoms with van der Waals surface area (Å²) in [6.07, 6.45) is 5.12. The molecule has 0 amide bonds. The first-order valence-electron chi connectivity index (χ1n) is 7.91. The Bertz CT molecular complexity index is 474. The lowest BCUT2D eigenvalue weighted by molar-refractivity contribution is 0.0775. The van der Waals surface area contributed by atoms with Crippen LogP contribution in [0, 0.1) is 13.8 Å². The third-order valence-corrected chi connectivity index (χ3v) is 4.69. The van der Waals surface area contributed by atoms with Gasteiger partial charge in [-0.1, -0.05) is 37.5 Å². The summed E-state index contributed by atoms with van der Waals surface area (Å²) in [6, 6.07) is 6.76. The molecule has 1 atom stereocenters. The molecule has 0 radical (unpaired) electrons. The SMILES string of the molecule is CCN(C1CCCC1)C(C)C(=O)c1cc(C)ccc1C. The first-order chi connectivity index (χ1) is 9.54. The minimum absolute atomic E-state index is 0.0106. The summed E-state index contributed by atoms with van der Waals surface area (Å²) in [7, 11) is 0. The predicted octanol–water partition coefficient (Wildman–Crippen LogP) is 4.14. The number of hydrogen-bond donors (Lipinski definition) is 0. The van der Waals surface area contributed by atoms with Crippen LogP contribution in [0.15, 0.2) is 18.2 Å². The van der Waals surface area contributed by atoms with Gasteiger partial charge in [0.25, 0.3) is 0 Å². The van der Waals surface area contributed by atoms with Crippen LogP contribution < -0.4 is 0 Å². The zero-order chi connectivity index (χ0) is 14.7. The van der Waals surface area contributed by atoms with Crippen molar-refractivity contribution >= 4 is 5.78 Å². The Balaban J connectivity index is 2.19. The average molecular weight is 273 g/mol. The van der Waals surface area contributed by atoms with Crippen LogP contribution in [0.25, 0.3) is 0 Å². The molecule has 0 aromatic heterocycles. The van der Waals surface area contributed by atoms with Crippen LogP contribution in [0.1, 0.15) is 61.0 Å². The van der Waals surface area contributed by atoms with E-state index in [0.29, 0.717) is 6.04 Å². The van der Waals surface area contributed by atoms with Crippen molar-refractivity contribution < 1.29 is 4.79 Å². The van der Waals surface area contributed by atoms with Gasteiger partial charge in [-0.15, -0.1) is 0 Å². The normalized spacial score (nSPS) is 17.6. The smallest absolute Gasteiger partial charge is 0.179 e. The van der Waals surface area contributed by atoms with Crippen molar-refractivity contribution in [2.24, 2.45) is 0 Å². The van der Waals surface area contributed by atoms with Crippen molar-refractivity contribution in [1.29, 1.82) is 0 Å². The summed E-state index contributed by atoms with van der Waals surface area (Å²) in [5, 5.41) is 0. The second-order valence-electron chi connectivity index (χ2n) is 6.13. The van der Waals surface area contributed by atoms with Gasteiger partial charge < -0.3 is 0 Å². The number of rotatable bonds is 5. The number of likely N-dealkylation sites (N-methyl/N-ethyl adjacent to an activating group) is 1. The van der Waals surface area contributed by atoms with Crippen LogP contribution in [-0.2, 0) is 0 Å². The van der Waals surface area contributed by atoms with Gasteiger partial charge in [0, 0.05) is 11.6 Å². The molecule has 0 aliphatic heterocycles. The van der Waals surface area contributed by atoms with Gasteiger partial charge in [-0.2, -0.15) is 0 Å². The summed E-state index contributed by atoms with van der Waals surface area (Å²) < 4.78 is 0. The van der Waals surface area contributed by atoms with E-state index in [1.54, 1.807) is 0 Å². The van der Waals surface area contributed by atoms with Gasteiger partial charge in [0.1, 0.15) is 0 Å². The van der Waals surface area contributed by atoms with Gasteiger partial charge in [-0.05, 0) is 51.8 Å². The molecule has 2 heteroatoms. The maximum atomic E-state index is 12.8. The highest BCUT2D eigenvalue weighted by molar-refractivity contribution is 6.01. The lowest BCUT2D eigenvalue weighted by Crippen LogP contribution is -2.44. The van der Waals surface area contributed by atoms with Crippen LogP contribution in [0.3, 0.4) is 0 Å². The van der Waals surface area contributed by atoms with E-state index in [-0.39, 0.29) is 11.8 Å². The molecular weight excluding hydrogens is 246 g/mol. The maximum Gasteiger partial charge on any atom is 0.179 e. The molecule has 0 N–H and O–H groups in total. The summed E-state index contributed by atoms with van der Waals surface area (Å²) in [5.74, 6) is 0.278. The Morgan fingerprint density at radius 1 is 1.30 bits per heavy atom. The standard InChI is InChI=1S/C18H27NO/c1-5-19(16-8-6-7-9-16)15(4)18(20)17-12-13(2)10-11-14(17)3/h10-12,15-16H,5-9H2,1-4H3. The van der Waals surface area contributed by atoms with Gasteiger partial charge in [-0.25, -0.2) is 0 Å².